The maximum absolute atomic E-state index is 10.3. The van der Waals surface area contributed by atoms with Crippen LogP contribution in [-0.2, 0) is 4.74 Å². The van der Waals surface area contributed by atoms with E-state index < -0.39 is 0 Å². The zero-order valence-electron chi connectivity index (χ0n) is 16.1. The van der Waals surface area contributed by atoms with E-state index >= 15 is 0 Å². The molecular weight excluding hydrogens is 286 g/mol. The van der Waals surface area contributed by atoms with Crippen LogP contribution in [0, 0.1) is 16.7 Å². The lowest BCUT2D eigenvalue weighted by atomic mass is 9.70. The van der Waals surface area contributed by atoms with E-state index in [1.165, 1.54) is 19.3 Å². The Morgan fingerprint density at radius 3 is 2.30 bits per heavy atom. The highest BCUT2D eigenvalue weighted by atomic mass is 16.5. The predicted octanol–water partition coefficient (Wildman–Crippen LogP) is 4.09. The topological polar surface area (TPSA) is 32.7 Å². The molecule has 2 fully saturated rings. The first-order chi connectivity index (χ1) is 10.8. The van der Waals surface area contributed by atoms with Gasteiger partial charge in [-0.1, -0.05) is 34.6 Å². The lowest BCUT2D eigenvalue weighted by Gasteiger charge is -2.39. The normalized spacial score (nSPS) is 33.5. The molecule has 0 aromatic rings. The Morgan fingerprint density at radius 1 is 1.17 bits per heavy atom. The van der Waals surface area contributed by atoms with Crippen molar-refractivity contribution in [1.82, 2.24) is 4.90 Å². The third-order valence-corrected chi connectivity index (χ3v) is 7.03. The van der Waals surface area contributed by atoms with Crippen molar-refractivity contribution in [2.24, 2.45) is 16.7 Å². The van der Waals surface area contributed by atoms with Crippen molar-refractivity contribution in [1.29, 1.82) is 0 Å². The number of aliphatic hydroxyl groups excluding tert-OH is 1. The molecule has 0 spiro atoms. The van der Waals surface area contributed by atoms with E-state index in [1.807, 2.05) is 0 Å². The molecule has 3 nitrogen and oxygen atoms in total. The van der Waals surface area contributed by atoms with Gasteiger partial charge in [-0.15, -0.1) is 0 Å². The van der Waals surface area contributed by atoms with Gasteiger partial charge in [-0.3, -0.25) is 0 Å². The van der Waals surface area contributed by atoms with Gasteiger partial charge in [-0.25, -0.2) is 0 Å². The molecule has 4 atom stereocenters. The average Bonchev–Trinajstić information content (AvgIpc) is 2.81. The fourth-order valence-corrected chi connectivity index (χ4v) is 5.04. The Hall–Kier alpha value is -0.120. The highest BCUT2D eigenvalue weighted by molar-refractivity contribution is 5.11. The summed E-state index contributed by atoms with van der Waals surface area (Å²) >= 11 is 0. The van der Waals surface area contributed by atoms with E-state index in [1.54, 1.807) is 0 Å². The summed E-state index contributed by atoms with van der Waals surface area (Å²) in [5.74, 6) is 0.826. The Kier molecular flexibility index (Phi) is 6.55. The van der Waals surface area contributed by atoms with E-state index in [2.05, 4.69) is 39.5 Å². The first kappa shape index (κ1) is 19.2. The second-order valence-electron chi connectivity index (χ2n) is 8.71. The molecule has 0 aromatic carbocycles. The van der Waals surface area contributed by atoms with Crippen molar-refractivity contribution >= 4 is 0 Å². The van der Waals surface area contributed by atoms with Crippen molar-refractivity contribution in [2.75, 3.05) is 26.2 Å². The third kappa shape index (κ3) is 3.93. The van der Waals surface area contributed by atoms with Gasteiger partial charge in [0.15, 0.2) is 0 Å². The van der Waals surface area contributed by atoms with Crippen LogP contribution in [0.1, 0.15) is 73.1 Å². The van der Waals surface area contributed by atoms with Crippen LogP contribution in [-0.4, -0.2) is 48.5 Å². The fraction of sp³-hybridized carbons (Fsp3) is 1.00. The molecule has 0 unspecified atom stereocenters. The van der Waals surface area contributed by atoms with Gasteiger partial charge in [-0.2, -0.15) is 0 Å². The van der Waals surface area contributed by atoms with Crippen molar-refractivity contribution in [3.63, 3.8) is 0 Å². The lowest BCUT2D eigenvalue weighted by Crippen LogP contribution is -2.38. The molecule has 2 aliphatic carbocycles. The molecule has 1 N–H and O–H groups in total. The van der Waals surface area contributed by atoms with E-state index in [-0.39, 0.29) is 6.10 Å². The average molecular weight is 326 g/mol. The molecule has 0 radical (unpaired) electrons. The quantitative estimate of drug-likeness (QED) is 0.656. The fourth-order valence-electron chi connectivity index (χ4n) is 5.04. The number of ether oxygens (including phenoxy) is 1. The molecule has 0 aromatic heterocycles. The molecule has 2 saturated carbocycles. The number of nitrogens with zero attached hydrogens (tertiary/aromatic N) is 1. The largest absolute Gasteiger partial charge is 0.392 e. The molecule has 2 rings (SSSR count). The van der Waals surface area contributed by atoms with Gasteiger partial charge in [-0.05, 0) is 68.4 Å². The van der Waals surface area contributed by atoms with Gasteiger partial charge in [0.05, 0.1) is 12.2 Å². The zero-order chi connectivity index (χ0) is 17.1. The summed E-state index contributed by atoms with van der Waals surface area (Å²) in [6.45, 7) is 15.4. The summed E-state index contributed by atoms with van der Waals surface area (Å²) < 4.78 is 6.27. The molecule has 2 aliphatic rings. The van der Waals surface area contributed by atoms with Gasteiger partial charge < -0.3 is 14.7 Å². The minimum absolute atomic E-state index is 0.257. The Bertz CT molecular complexity index is 365. The maximum atomic E-state index is 10.3. The SMILES string of the molecule is CCCN(CCC)C[C@@H](O)CCO[C@@H]1C[C@H]2CC[C@@]1(C)C2(C)C. The molecule has 0 heterocycles. The van der Waals surface area contributed by atoms with Crippen molar-refractivity contribution in [3.05, 3.63) is 0 Å². The standard InChI is InChI=1S/C20H39NO2/c1-6-11-21(12-7-2)15-17(22)9-13-23-18-14-16-8-10-20(18,5)19(16,3)4/h16-18,22H,6-15H2,1-5H3/t16-,17+,18-,20-/m1/s1. The van der Waals surface area contributed by atoms with Gasteiger partial charge in [0.25, 0.3) is 0 Å². The maximum Gasteiger partial charge on any atom is 0.0689 e. The van der Waals surface area contributed by atoms with Crippen molar-refractivity contribution in [2.45, 2.75) is 85.4 Å². The Morgan fingerprint density at radius 2 is 1.83 bits per heavy atom. The molecule has 2 bridgehead atoms. The highest BCUT2D eigenvalue weighted by Gasteiger charge is 2.61. The number of rotatable bonds is 10. The van der Waals surface area contributed by atoms with E-state index in [4.69, 9.17) is 4.74 Å². The van der Waals surface area contributed by atoms with E-state index in [0.717, 1.165) is 44.8 Å². The zero-order valence-corrected chi connectivity index (χ0v) is 16.1. The molecule has 0 aliphatic heterocycles. The van der Waals surface area contributed by atoms with Crippen LogP contribution in [0.2, 0.25) is 0 Å². The first-order valence-electron chi connectivity index (χ1n) is 9.87. The number of hydrogen-bond acceptors (Lipinski definition) is 3. The summed E-state index contributed by atoms with van der Waals surface area (Å²) in [5, 5.41) is 10.3. The van der Waals surface area contributed by atoms with Gasteiger partial charge in [0.2, 0.25) is 0 Å². The van der Waals surface area contributed by atoms with Crippen molar-refractivity contribution in [3.8, 4) is 0 Å². The van der Waals surface area contributed by atoms with Gasteiger partial charge in [0, 0.05) is 13.2 Å². The van der Waals surface area contributed by atoms with Crippen LogP contribution >= 0.6 is 0 Å². The minimum Gasteiger partial charge on any atom is -0.392 e. The second kappa shape index (κ2) is 7.84. The number of hydrogen-bond donors (Lipinski definition) is 1. The summed E-state index contributed by atoms with van der Waals surface area (Å²) in [6.07, 6.45) is 7.10. The van der Waals surface area contributed by atoms with Gasteiger partial charge in [0.1, 0.15) is 0 Å². The molecule has 0 amide bonds. The predicted molar refractivity (Wildman–Crippen MR) is 96.6 cm³/mol. The van der Waals surface area contributed by atoms with Crippen molar-refractivity contribution < 1.29 is 9.84 Å². The van der Waals surface area contributed by atoms with Crippen LogP contribution in [0.25, 0.3) is 0 Å². The smallest absolute Gasteiger partial charge is 0.0689 e. The van der Waals surface area contributed by atoms with Crippen LogP contribution in [0.4, 0.5) is 0 Å². The highest BCUT2D eigenvalue weighted by Crippen LogP contribution is 2.66. The molecule has 0 saturated heterocycles. The van der Waals surface area contributed by atoms with Crippen LogP contribution < -0.4 is 0 Å². The summed E-state index contributed by atoms with van der Waals surface area (Å²) in [5.41, 5.74) is 0.744. The molecular formula is C20H39NO2. The molecule has 3 heteroatoms. The van der Waals surface area contributed by atoms with Crippen LogP contribution in [0.15, 0.2) is 0 Å². The van der Waals surface area contributed by atoms with Gasteiger partial charge >= 0.3 is 0 Å². The number of aliphatic hydroxyl groups is 1. The minimum atomic E-state index is -0.257. The lowest BCUT2D eigenvalue weighted by molar-refractivity contribution is -0.0564. The summed E-state index contributed by atoms with van der Waals surface area (Å²) in [4.78, 5) is 2.38. The molecule has 23 heavy (non-hydrogen) atoms. The summed E-state index contributed by atoms with van der Waals surface area (Å²) in [7, 11) is 0. The van der Waals surface area contributed by atoms with E-state index in [9.17, 15) is 5.11 Å². The third-order valence-electron chi connectivity index (χ3n) is 7.03. The number of fused-ring (bicyclic) bond motifs is 2. The molecule has 136 valence electrons. The first-order valence-corrected chi connectivity index (χ1v) is 9.87. The Balaban J connectivity index is 1.73. The monoisotopic (exact) mass is 325 g/mol. The summed E-state index contributed by atoms with van der Waals surface area (Å²) in [6, 6.07) is 0. The second-order valence-corrected chi connectivity index (χ2v) is 8.71. The van der Waals surface area contributed by atoms with E-state index in [0.29, 0.717) is 23.5 Å². The van der Waals surface area contributed by atoms with Crippen LogP contribution in [0.3, 0.4) is 0 Å². The van der Waals surface area contributed by atoms with Crippen LogP contribution in [0.5, 0.6) is 0 Å². The Labute approximate surface area is 143 Å².